The van der Waals surface area contributed by atoms with E-state index < -0.39 is 10.0 Å². The molecule has 142 valence electrons. The summed E-state index contributed by atoms with van der Waals surface area (Å²) in [6.07, 6.45) is 0.0296. The number of hydrogen-bond acceptors (Lipinski definition) is 5. The lowest BCUT2D eigenvalue weighted by Gasteiger charge is -2.13. The van der Waals surface area contributed by atoms with Crippen LogP contribution in [0.5, 0.6) is 0 Å². The lowest BCUT2D eigenvalue weighted by Crippen LogP contribution is -2.31. The number of oxazole rings is 1. The molecule has 0 saturated heterocycles. The maximum absolute atomic E-state index is 12.5. The Hall–Kier alpha value is -2.19. The fraction of sp³-hybridized carbons (Fsp3) is 0.444. The van der Waals surface area contributed by atoms with Gasteiger partial charge in [-0.3, -0.25) is 4.79 Å². The molecular formula is C18H25N3O4S. The first-order valence-electron chi connectivity index (χ1n) is 8.37. The number of nitrogens with one attached hydrogen (secondary N) is 2. The summed E-state index contributed by atoms with van der Waals surface area (Å²) in [4.78, 5) is 16.3. The van der Waals surface area contributed by atoms with Gasteiger partial charge in [-0.2, -0.15) is 0 Å². The number of benzene rings is 1. The van der Waals surface area contributed by atoms with Crippen LogP contribution in [0.4, 0.5) is 0 Å². The number of nitrogens with zero attached hydrogens (tertiary/aromatic N) is 1. The molecule has 0 aliphatic heterocycles. The molecule has 0 radical (unpaired) electrons. The van der Waals surface area contributed by atoms with E-state index in [1.54, 1.807) is 20.8 Å². The van der Waals surface area contributed by atoms with Crippen LogP contribution in [-0.2, 0) is 21.4 Å². The van der Waals surface area contributed by atoms with Gasteiger partial charge in [0.15, 0.2) is 0 Å². The van der Waals surface area contributed by atoms with E-state index in [-0.39, 0.29) is 30.3 Å². The first-order valence-corrected chi connectivity index (χ1v) is 9.85. The standard InChI is InChI=1S/C18H25N3O4S/c1-11-8-12(2)18(13(3)9-11)26(23,24)20-7-6-16(22)19-10-17-21-14(4)15(5)25-17/h8-9,20H,6-7,10H2,1-5H3,(H,19,22). The Kier molecular flexibility index (Phi) is 6.20. The molecule has 2 aromatic rings. The Morgan fingerprint density at radius 2 is 1.73 bits per heavy atom. The molecule has 1 heterocycles. The van der Waals surface area contributed by atoms with Gasteiger partial charge in [-0.25, -0.2) is 18.1 Å². The Morgan fingerprint density at radius 3 is 2.27 bits per heavy atom. The summed E-state index contributed by atoms with van der Waals surface area (Å²) < 4.78 is 32.9. The Bertz CT molecular complexity index is 874. The molecule has 0 unspecified atom stereocenters. The van der Waals surface area contributed by atoms with Crippen molar-refractivity contribution in [1.82, 2.24) is 15.0 Å². The summed E-state index contributed by atoms with van der Waals surface area (Å²) >= 11 is 0. The second kappa shape index (κ2) is 8.01. The molecular weight excluding hydrogens is 354 g/mol. The Morgan fingerprint density at radius 1 is 1.12 bits per heavy atom. The molecule has 0 bridgehead atoms. The minimum absolute atomic E-state index is 0.0184. The van der Waals surface area contributed by atoms with E-state index in [4.69, 9.17) is 4.42 Å². The van der Waals surface area contributed by atoms with Crippen LogP contribution in [0, 0.1) is 34.6 Å². The van der Waals surface area contributed by atoms with Crippen molar-refractivity contribution in [3.8, 4) is 0 Å². The lowest BCUT2D eigenvalue weighted by atomic mass is 10.1. The zero-order valence-corrected chi connectivity index (χ0v) is 16.6. The van der Waals surface area contributed by atoms with Crippen molar-refractivity contribution in [2.45, 2.75) is 52.5 Å². The zero-order chi connectivity index (χ0) is 19.5. The fourth-order valence-corrected chi connectivity index (χ4v) is 4.32. The quantitative estimate of drug-likeness (QED) is 0.768. The molecule has 0 aliphatic rings. The van der Waals surface area contributed by atoms with Crippen LogP contribution in [0.25, 0.3) is 0 Å². The molecule has 0 fully saturated rings. The monoisotopic (exact) mass is 379 g/mol. The van der Waals surface area contributed by atoms with Crippen molar-refractivity contribution >= 4 is 15.9 Å². The SMILES string of the molecule is Cc1cc(C)c(S(=O)(=O)NCCC(=O)NCc2nc(C)c(C)o2)c(C)c1. The van der Waals surface area contributed by atoms with Gasteiger partial charge in [0, 0.05) is 13.0 Å². The molecule has 0 aliphatic carbocycles. The van der Waals surface area contributed by atoms with Gasteiger partial charge in [-0.05, 0) is 45.7 Å². The van der Waals surface area contributed by atoms with Crippen molar-refractivity contribution in [3.05, 3.63) is 46.2 Å². The molecule has 1 amide bonds. The summed E-state index contributed by atoms with van der Waals surface area (Å²) in [5.41, 5.74) is 3.17. The normalized spacial score (nSPS) is 11.6. The Labute approximate surface area is 154 Å². The number of carbonyl (C=O) groups is 1. The predicted molar refractivity (Wildman–Crippen MR) is 98.3 cm³/mol. The van der Waals surface area contributed by atoms with E-state index in [0.717, 1.165) is 11.3 Å². The van der Waals surface area contributed by atoms with E-state index in [9.17, 15) is 13.2 Å². The maximum atomic E-state index is 12.5. The number of carbonyl (C=O) groups excluding carboxylic acids is 1. The van der Waals surface area contributed by atoms with Gasteiger partial charge in [-0.15, -0.1) is 0 Å². The van der Waals surface area contributed by atoms with Gasteiger partial charge in [0.25, 0.3) is 0 Å². The zero-order valence-electron chi connectivity index (χ0n) is 15.8. The molecule has 2 N–H and O–H groups in total. The lowest BCUT2D eigenvalue weighted by molar-refractivity contribution is -0.121. The van der Waals surface area contributed by atoms with Gasteiger partial charge in [0.05, 0.1) is 17.1 Å². The van der Waals surface area contributed by atoms with Crippen LogP contribution in [0.2, 0.25) is 0 Å². The van der Waals surface area contributed by atoms with Gasteiger partial charge in [0.2, 0.25) is 21.8 Å². The Balaban J connectivity index is 1.89. The number of aromatic nitrogens is 1. The van der Waals surface area contributed by atoms with Crippen molar-refractivity contribution < 1.29 is 17.6 Å². The highest BCUT2D eigenvalue weighted by Gasteiger charge is 2.19. The van der Waals surface area contributed by atoms with Crippen molar-refractivity contribution in [2.75, 3.05) is 6.54 Å². The van der Waals surface area contributed by atoms with Crippen molar-refractivity contribution in [3.63, 3.8) is 0 Å². The highest BCUT2D eigenvalue weighted by Crippen LogP contribution is 2.21. The largest absolute Gasteiger partial charge is 0.444 e. The molecule has 0 atom stereocenters. The first-order chi connectivity index (χ1) is 12.1. The highest BCUT2D eigenvalue weighted by molar-refractivity contribution is 7.89. The average Bonchev–Trinajstić information content (AvgIpc) is 2.82. The number of hydrogen-bond donors (Lipinski definition) is 2. The van der Waals surface area contributed by atoms with E-state index in [1.807, 2.05) is 26.0 Å². The van der Waals surface area contributed by atoms with Gasteiger partial charge in [-0.1, -0.05) is 17.7 Å². The smallest absolute Gasteiger partial charge is 0.241 e. The fourth-order valence-electron chi connectivity index (χ4n) is 2.84. The van der Waals surface area contributed by atoms with Gasteiger partial charge in [0.1, 0.15) is 5.76 Å². The van der Waals surface area contributed by atoms with Gasteiger partial charge < -0.3 is 9.73 Å². The van der Waals surface area contributed by atoms with Crippen LogP contribution in [0.15, 0.2) is 21.4 Å². The number of amides is 1. The van der Waals surface area contributed by atoms with Crippen LogP contribution >= 0.6 is 0 Å². The highest BCUT2D eigenvalue weighted by atomic mass is 32.2. The first kappa shape index (κ1) is 20.1. The molecule has 26 heavy (non-hydrogen) atoms. The molecule has 0 spiro atoms. The van der Waals surface area contributed by atoms with Crippen molar-refractivity contribution in [1.29, 1.82) is 0 Å². The minimum Gasteiger partial charge on any atom is -0.444 e. The van der Waals surface area contributed by atoms with Crippen LogP contribution in [0.3, 0.4) is 0 Å². The molecule has 1 aromatic carbocycles. The van der Waals surface area contributed by atoms with Crippen LogP contribution < -0.4 is 10.0 Å². The van der Waals surface area contributed by atoms with Gasteiger partial charge >= 0.3 is 0 Å². The summed E-state index contributed by atoms with van der Waals surface area (Å²) in [5.74, 6) is 0.865. The van der Waals surface area contributed by atoms with Crippen molar-refractivity contribution in [2.24, 2.45) is 0 Å². The second-order valence-corrected chi connectivity index (χ2v) is 8.11. The summed E-state index contributed by atoms with van der Waals surface area (Å²) in [5, 5.41) is 2.67. The van der Waals surface area contributed by atoms with Crippen LogP contribution in [-0.4, -0.2) is 25.9 Å². The summed E-state index contributed by atoms with van der Waals surface area (Å²) in [6, 6.07) is 3.66. The molecule has 1 aromatic heterocycles. The third-order valence-electron chi connectivity index (χ3n) is 4.03. The second-order valence-electron chi connectivity index (χ2n) is 6.40. The topological polar surface area (TPSA) is 101 Å². The number of rotatable bonds is 7. The van der Waals surface area contributed by atoms with E-state index in [0.29, 0.717) is 22.8 Å². The molecule has 0 saturated carbocycles. The average molecular weight is 379 g/mol. The summed E-state index contributed by atoms with van der Waals surface area (Å²) in [6.45, 7) is 9.28. The predicted octanol–water partition coefficient (Wildman–Crippen LogP) is 2.20. The van der Waals surface area contributed by atoms with E-state index in [2.05, 4.69) is 15.0 Å². The maximum Gasteiger partial charge on any atom is 0.241 e. The third-order valence-corrected chi connectivity index (χ3v) is 5.79. The summed E-state index contributed by atoms with van der Waals surface area (Å²) in [7, 11) is -3.66. The minimum atomic E-state index is -3.66. The molecule has 7 nitrogen and oxygen atoms in total. The number of sulfonamides is 1. The molecule has 8 heteroatoms. The van der Waals surface area contributed by atoms with E-state index >= 15 is 0 Å². The third kappa shape index (κ3) is 4.92. The van der Waals surface area contributed by atoms with E-state index in [1.165, 1.54) is 0 Å². The molecule has 2 rings (SSSR count). The van der Waals surface area contributed by atoms with Crippen LogP contribution in [0.1, 0.15) is 40.5 Å². The number of aryl methyl sites for hydroxylation is 5.